The quantitative estimate of drug-likeness (QED) is 0.857. The Morgan fingerprint density at radius 2 is 2.27 bits per heavy atom. The van der Waals surface area contributed by atoms with Crippen molar-refractivity contribution in [2.45, 2.75) is 19.5 Å². The van der Waals surface area contributed by atoms with E-state index >= 15 is 0 Å². The Hall–Kier alpha value is -0.250. The number of halogens is 2. The van der Waals surface area contributed by atoms with E-state index in [9.17, 15) is 4.39 Å². The highest BCUT2D eigenvalue weighted by atomic mass is 35.5. The van der Waals surface area contributed by atoms with Gasteiger partial charge in [0.2, 0.25) is 0 Å². The molecule has 0 aromatic heterocycles. The SMILES string of the molecule is CSCC(C)NCc1ccc(F)c(Cl)c1. The van der Waals surface area contributed by atoms with E-state index in [4.69, 9.17) is 11.6 Å². The zero-order chi connectivity index (χ0) is 11.3. The molecule has 1 rings (SSSR count). The molecule has 0 heterocycles. The van der Waals surface area contributed by atoms with Gasteiger partial charge in [-0.1, -0.05) is 17.7 Å². The van der Waals surface area contributed by atoms with Crippen LogP contribution in [0.1, 0.15) is 12.5 Å². The molecule has 84 valence electrons. The molecule has 0 aliphatic heterocycles. The molecule has 0 spiro atoms. The van der Waals surface area contributed by atoms with Crippen LogP contribution in [-0.2, 0) is 6.54 Å². The molecular formula is C11H15ClFNS. The Balaban J connectivity index is 2.47. The molecule has 0 fully saturated rings. The maximum atomic E-state index is 12.9. The van der Waals surface area contributed by atoms with Crippen molar-refractivity contribution in [3.8, 4) is 0 Å². The first-order valence-corrected chi connectivity index (χ1v) is 6.57. The first-order valence-electron chi connectivity index (χ1n) is 4.79. The topological polar surface area (TPSA) is 12.0 Å². The van der Waals surface area contributed by atoms with Gasteiger partial charge in [-0.3, -0.25) is 0 Å². The summed E-state index contributed by atoms with van der Waals surface area (Å²) in [5.41, 5.74) is 1.01. The summed E-state index contributed by atoms with van der Waals surface area (Å²) in [4.78, 5) is 0. The lowest BCUT2D eigenvalue weighted by Crippen LogP contribution is -2.27. The number of thioether (sulfide) groups is 1. The molecule has 1 atom stereocenters. The van der Waals surface area contributed by atoms with Crippen LogP contribution in [0.25, 0.3) is 0 Å². The van der Waals surface area contributed by atoms with Crippen LogP contribution in [0.3, 0.4) is 0 Å². The Kier molecular flexibility index (Phi) is 5.43. The van der Waals surface area contributed by atoms with E-state index < -0.39 is 0 Å². The third-order valence-electron chi connectivity index (χ3n) is 2.06. The highest BCUT2D eigenvalue weighted by Gasteiger charge is 2.03. The normalized spacial score (nSPS) is 12.8. The van der Waals surface area contributed by atoms with E-state index in [0.717, 1.165) is 17.9 Å². The highest BCUT2D eigenvalue weighted by Crippen LogP contribution is 2.15. The van der Waals surface area contributed by atoms with Crippen LogP contribution in [0.5, 0.6) is 0 Å². The van der Waals surface area contributed by atoms with Gasteiger partial charge in [0.05, 0.1) is 5.02 Å². The minimum absolute atomic E-state index is 0.187. The second kappa shape index (κ2) is 6.36. The molecule has 0 amide bonds. The lowest BCUT2D eigenvalue weighted by atomic mass is 10.2. The minimum atomic E-state index is -0.363. The van der Waals surface area contributed by atoms with Gasteiger partial charge in [0.15, 0.2) is 0 Å². The number of hydrogen-bond donors (Lipinski definition) is 1. The van der Waals surface area contributed by atoms with Crippen LogP contribution in [0.4, 0.5) is 4.39 Å². The molecule has 1 N–H and O–H groups in total. The Labute approximate surface area is 99.4 Å². The van der Waals surface area contributed by atoms with Gasteiger partial charge in [-0.05, 0) is 30.9 Å². The average molecular weight is 248 g/mol. The zero-order valence-electron chi connectivity index (χ0n) is 8.89. The molecule has 4 heteroatoms. The van der Waals surface area contributed by atoms with Crippen LogP contribution in [0.15, 0.2) is 18.2 Å². The van der Waals surface area contributed by atoms with E-state index in [1.807, 2.05) is 0 Å². The number of rotatable bonds is 5. The molecule has 0 radical (unpaired) electrons. The summed E-state index contributed by atoms with van der Waals surface area (Å²) in [6.45, 7) is 2.85. The minimum Gasteiger partial charge on any atom is -0.309 e. The first kappa shape index (κ1) is 12.8. The third kappa shape index (κ3) is 4.41. The van der Waals surface area contributed by atoms with Gasteiger partial charge < -0.3 is 5.32 Å². The first-order chi connectivity index (χ1) is 7.13. The molecule has 0 saturated carbocycles. The fraction of sp³-hybridized carbons (Fsp3) is 0.455. The van der Waals surface area contributed by atoms with E-state index in [-0.39, 0.29) is 10.8 Å². The van der Waals surface area contributed by atoms with Gasteiger partial charge in [-0.25, -0.2) is 4.39 Å². The monoisotopic (exact) mass is 247 g/mol. The largest absolute Gasteiger partial charge is 0.309 e. The standard InChI is InChI=1S/C11H15ClFNS/c1-8(7-15-2)14-6-9-3-4-11(13)10(12)5-9/h3-5,8,14H,6-7H2,1-2H3. The van der Waals surface area contributed by atoms with Crippen molar-refractivity contribution in [3.05, 3.63) is 34.6 Å². The van der Waals surface area contributed by atoms with Crippen molar-refractivity contribution in [2.75, 3.05) is 12.0 Å². The molecule has 1 aromatic rings. The lowest BCUT2D eigenvalue weighted by molar-refractivity contribution is 0.593. The summed E-state index contributed by atoms with van der Waals surface area (Å²) >= 11 is 7.49. The van der Waals surface area contributed by atoms with Gasteiger partial charge in [-0.2, -0.15) is 11.8 Å². The molecule has 0 aliphatic carbocycles. The fourth-order valence-corrected chi connectivity index (χ4v) is 2.07. The fourth-order valence-electron chi connectivity index (χ4n) is 1.25. The summed E-state index contributed by atoms with van der Waals surface area (Å²) in [5.74, 6) is 0.701. The summed E-state index contributed by atoms with van der Waals surface area (Å²) in [6, 6.07) is 5.26. The van der Waals surface area contributed by atoms with Crippen molar-refractivity contribution in [1.82, 2.24) is 5.32 Å². The van der Waals surface area contributed by atoms with Gasteiger partial charge in [0.25, 0.3) is 0 Å². The number of hydrogen-bond acceptors (Lipinski definition) is 2. The third-order valence-corrected chi connectivity index (χ3v) is 3.18. The van der Waals surface area contributed by atoms with Gasteiger partial charge in [0, 0.05) is 18.3 Å². The van der Waals surface area contributed by atoms with Crippen LogP contribution in [0, 0.1) is 5.82 Å². The predicted octanol–water partition coefficient (Wildman–Crippen LogP) is 3.32. The number of nitrogens with one attached hydrogen (secondary N) is 1. The molecule has 15 heavy (non-hydrogen) atoms. The smallest absolute Gasteiger partial charge is 0.141 e. The average Bonchev–Trinajstić information content (AvgIpc) is 2.20. The van der Waals surface area contributed by atoms with Crippen molar-refractivity contribution in [3.63, 3.8) is 0 Å². The van der Waals surface area contributed by atoms with Crippen molar-refractivity contribution in [1.29, 1.82) is 0 Å². The molecule has 1 unspecified atom stereocenters. The van der Waals surface area contributed by atoms with Crippen molar-refractivity contribution >= 4 is 23.4 Å². The molecular weight excluding hydrogens is 233 g/mol. The van der Waals surface area contributed by atoms with E-state index in [2.05, 4.69) is 18.5 Å². The van der Waals surface area contributed by atoms with Gasteiger partial charge in [0.1, 0.15) is 5.82 Å². The predicted molar refractivity (Wildman–Crippen MR) is 66.1 cm³/mol. The van der Waals surface area contributed by atoms with E-state index in [1.54, 1.807) is 23.9 Å². The summed E-state index contributed by atoms with van der Waals surface area (Å²) in [6.07, 6.45) is 2.08. The summed E-state index contributed by atoms with van der Waals surface area (Å²) in [5, 5.41) is 3.53. The van der Waals surface area contributed by atoms with E-state index in [0.29, 0.717) is 6.04 Å². The van der Waals surface area contributed by atoms with Crippen LogP contribution >= 0.6 is 23.4 Å². The van der Waals surface area contributed by atoms with Crippen molar-refractivity contribution in [2.24, 2.45) is 0 Å². The Morgan fingerprint density at radius 3 is 2.87 bits per heavy atom. The highest BCUT2D eigenvalue weighted by molar-refractivity contribution is 7.98. The maximum Gasteiger partial charge on any atom is 0.141 e. The van der Waals surface area contributed by atoms with Crippen molar-refractivity contribution < 1.29 is 4.39 Å². The molecule has 1 nitrogen and oxygen atoms in total. The zero-order valence-corrected chi connectivity index (χ0v) is 10.5. The van der Waals surface area contributed by atoms with Crippen LogP contribution in [-0.4, -0.2) is 18.1 Å². The summed E-state index contributed by atoms with van der Waals surface area (Å²) < 4.78 is 12.9. The Morgan fingerprint density at radius 1 is 1.53 bits per heavy atom. The van der Waals surface area contributed by atoms with Crippen LogP contribution < -0.4 is 5.32 Å². The molecule has 0 saturated heterocycles. The molecule has 0 aliphatic rings. The summed E-state index contributed by atoms with van der Waals surface area (Å²) in [7, 11) is 0. The lowest BCUT2D eigenvalue weighted by Gasteiger charge is -2.12. The second-order valence-electron chi connectivity index (χ2n) is 3.49. The van der Waals surface area contributed by atoms with E-state index in [1.165, 1.54) is 6.07 Å². The van der Waals surface area contributed by atoms with Crippen LogP contribution in [0.2, 0.25) is 5.02 Å². The number of benzene rings is 1. The molecule has 0 bridgehead atoms. The van der Waals surface area contributed by atoms with Gasteiger partial charge >= 0.3 is 0 Å². The van der Waals surface area contributed by atoms with Gasteiger partial charge in [-0.15, -0.1) is 0 Å². The second-order valence-corrected chi connectivity index (χ2v) is 4.80. The molecule has 1 aromatic carbocycles. The Bertz CT molecular complexity index is 319. The maximum absolute atomic E-state index is 12.9.